The Balaban J connectivity index is 1.93. The van der Waals surface area contributed by atoms with Crippen LogP contribution >= 0.6 is 11.8 Å². The van der Waals surface area contributed by atoms with E-state index in [1.54, 1.807) is 18.7 Å². The molecule has 5 nitrogen and oxygen atoms in total. The Hall–Kier alpha value is -1.95. The lowest BCUT2D eigenvalue weighted by Crippen LogP contribution is -2.36. The van der Waals surface area contributed by atoms with E-state index >= 15 is 0 Å². The van der Waals surface area contributed by atoms with E-state index in [1.807, 2.05) is 49.1 Å². The Morgan fingerprint density at radius 2 is 2.00 bits per heavy atom. The van der Waals surface area contributed by atoms with E-state index in [4.69, 9.17) is 4.74 Å². The van der Waals surface area contributed by atoms with E-state index < -0.39 is 6.10 Å². The van der Waals surface area contributed by atoms with Crippen molar-refractivity contribution in [2.24, 2.45) is 0 Å². The lowest BCUT2D eigenvalue weighted by atomic mass is 10.2. The zero-order valence-corrected chi connectivity index (χ0v) is 15.7. The molecule has 0 spiro atoms. The monoisotopic (exact) mass is 347 g/mol. The quantitative estimate of drug-likeness (QED) is 0.781. The Bertz CT molecular complexity index is 695. The van der Waals surface area contributed by atoms with E-state index in [0.29, 0.717) is 12.3 Å². The second-order valence-electron chi connectivity index (χ2n) is 5.62. The van der Waals surface area contributed by atoms with Crippen LogP contribution in [0.3, 0.4) is 0 Å². The molecule has 0 aliphatic heterocycles. The lowest BCUT2D eigenvalue weighted by molar-refractivity contribution is -0.127. The highest BCUT2D eigenvalue weighted by molar-refractivity contribution is 7.98. The fraction of sp³-hybridized carbons (Fsp3) is 0.444. The van der Waals surface area contributed by atoms with Gasteiger partial charge in [0.25, 0.3) is 5.91 Å². The molecule has 0 saturated heterocycles. The topological polar surface area (TPSA) is 56.2 Å². The molecule has 1 aromatic heterocycles. The molecule has 0 aliphatic rings. The molecule has 2 aromatic rings. The summed E-state index contributed by atoms with van der Waals surface area (Å²) in [6.07, 6.45) is 1.48. The Morgan fingerprint density at radius 1 is 1.33 bits per heavy atom. The fourth-order valence-electron chi connectivity index (χ4n) is 2.53. The highest BCUT2D eigenvalue weighted by Gasteiger charge is 2.17. The van der Waals surface area contributed by atoms with Crippen molar-refractivity contribution in [1.29, 1.82) is 0 Å². The summed E-state index contributed by atoms with van der Waals surface area (Å²) < 4.78 is 7.66. The summed E-state index contributed by atoms with van der Waals surface area (Å²) in [6.45, 7) is 9.10. The number of aromatic nitrogens is 2. The predicted octanol–water partition coefficient (Wildman–Crippen LogP) is 3.33. The van der Waals surface area contributed by atoms with Gasteiger partial charge in [-0.3, -0.25) is 9.48 Å². The van der Waals surface area contributed by atoms with E-state index in [9.17, 15) is 4.79 Å². The molecule has 24 heavy (non-hydrogen) atoms. The number of nitrogens with zero attached hydrogens (tertiary/aromatic N) is 2. The fourth-order valence-corrected chi connectivity index (χ4v) is 2.94. The van der Waals surface area contributed by atoms with Gasteiger partial charge in [0.05, 0.1) is 5.69 Å². The molecule has 6 heteroatoms. The van der Waals surface area contributed by atoms with Crippen molar-refractivity contribution in [2.45, 2.75) is 51.8 Å². The number of amides is 1. The molecule has 1 amide bonds. The van der Waals surface area contributed by atoms with Crippen LogP contribution in [0.15, 0.2) is 29.2 Å². The van der Waals surface area contributed by atoms with E-state index in [0.717, 1.165) is 23.5 Å². The largest absolute Gasteiger partial charge is 0.481 e. The van der Waals surface area contributed by atoms with E-state index in [1.165, 1.54) is 4.90 Å². The molecule has 0 unspecified atom stereocenters. The second-order valence-corrected chi connectivity index (χ2v) is 6.50. The average molecular weight is 347 g/mol. The number of ether oxygens (including phenoxy) is 1. The molecule has 1 N–H and O–H groups in total. The Kier molecular flexibility index (Phi) is 6.31. The highest BCUT2D eigenvalue weighted by atomic mass is 32.2. The van der Waals surface area contributed by atoms with Crippen LogP contribution in [0.5, 0.6) is 5.75 Å². The smallest absolute Gasteiger partial charge is 0.261 e. The van der Waals surface area contributed by atoms with Gasteiger partial charge < -0.3 is 10.1 Å². The maximum atomic E-state index is 12.3. The molecule has 0 saturated carbocycles. The van der Waals surface area contributed by atoms with E-state index in [-0.39, 0.29) is 5.91 Å². The first-order valence-electron chi connectivity index (χ1n) is 8.07. The van der Waals surface area contributed by atoms with Crippen LogP contribution in [0.2, 0.25) is 0 Å². The molecule has 1 aromatic carbocycles. The van der Waals surface area contributed by atoms with Crippen molar-refractivity contribution < 1.29 is 9.53 Å². The maximum absolute atomic E-state index is 12.3. The number of thioether (sulfide) groups is 1. The highest BCUT2D eigenvalue weighted by Crippen LogP contribution is 2.20. The molecular formula is C18H25N3O2S. The zero-order chi connectivity index (χ0) is 17.7. The maximum Gasteiger partial charge on any atom is 0.261 e. The van der Waals surface area contributed by atoms with Crippen molar-refractivity contribution in [3.05, 3.63) is 41.2 Å². The minimum Gasteiger partial charge on any atom is -0.481 e. The SMILES string of the molecule is CCn1nc(C)c(CNC(=O)[C@H](C)Oc2ccc(SC)cc2)c1C. The van der Waals surface area contributed by atoms with Gasteiger partial charge in [-0.1, -0.05) is 0 Å². The van der Waals surface area contributed by atoms with E-state index in [2.05, 4.69) is 17.3 Å². The van der Waals surface area contributed by atoms with Crippen molar-refractivity contribution in [1.82, 2.24) is 15.1 Å². The molecule has 0 aliphatic carbocycles. The summed E-state index contributed by atoms with van der Waals surface area (Å²) in [5.74, 6) is 0.564. The summed E-state index contributed by atoms with van der Waals surface area (Å²) in [5, 5.41) is 7.41. The lowest BCUT2D eigenvalue weighted by Gasteiger charge is -2.15. The summed E-state index contributed by atoms with van der Waals surface area (Å²) in [4.78, 5) is 13.4. The van der Waals surface area contributed by atoms with Gasteiger partial charge in [-0.15, -0.1) is 11.8 Å². The van der Waals surface area contributed by atoms with Gasteiger partial charge in [-0.25, -0.2) is 0 Å². The summed E-state index contributed by atoms with van der Waals surface area (Å²) >= 11 is 1.67. The van der Waals surface area contributed by atoms with Gasteiger partial charge in [0.1, 0.15) is 5.75 Å². The molecular weight excluding hydrogens is 322 g/mol. The molecule has 130 valence electrons. The van der Waals surface area contributed by atoms with Crippen LogP contribution in [0, 0.1) is 13.8 Å². The van der Waals surface area contributed by atoms with Crippen molar-refractivity contribution in [3.8, 4) is 5.75 Å². The summed E-state index contributed by atoms with van der Waals surface area (Å²) in [6, 6.07) is 7.73. The molecule has 2 rings (SSSR count). The number of aryl methyl sites for hydroxylation is 2. The summed E-state index contributed by atoms with van der Waals surface area (Å²) in [7, 11) is 0. The molecule has 1 heterocycles. The van der Waals surface area contributed by atoms with Gasteiger partial charge >= 0.3 is 0 Å². The first-order valence-corrected chi connectivity index (χ1v) is 9.30. The molecule has 0 radical (unpaired) electrons. The number of carbonyl (C=O) groups is 1. The van der Waals surface area contributed by atoms with Crippen LogP contribution < -0.4 is 10.1 Å². The minimum absolute atomic E-state index is 0.132. The number of hydrogen-bond donors (Lipinski definition) is 1. The first kappa shape index (κ1) is 18.4. The van der Waals surface area contributed by atoms with Crippen LogP contribution in [0.4, 0.5) is 0 Å². The Morgan fingerprint density at radius 3 is 2.54 bits per heavy atom. The number of benzene rings is 1. The van der Waals surface area contributed by atoms with Gasteiger partial charge in [0, 0.05) is 29.2 Å². The van der Waals surface area contributed by atoms with Gasteiger partial charge in [0.2, 0.25) is 0 Å². The molecule has 0 fully saturated rings. The first-order chi connectivity index (χ1) is 11.5. The third-order valence-corrected chi connectivity index (χ3v) is 4.76. The third kappa shape index (κ3) is 4.32. The van der Waals surface area contributed by atoms with Gasteiger partial charge in [-0.05, 0) is 58.2 Å². The third-order valence-electron chi connectivity index (χ3n) is 4.01. The second kappa shape index (κ2) is 8.24. The van der Waals surface area contributed by atoms with Gasteiger partial charge in [0.15, 0.2) is 6.10 Å². The van der Waals surface area contributed by atoms with Crippen LogP contribution in [-0.4, -0.2) is 28.0 Å². The molecule has 0 bridgehead atoms. The van der Waals surface area contributed by atoms with Crippen molar-refractivity contribution in [3.63, 3.8) is 0 Å². The molecule has 1 atom stereocenters. The predicted molar refractivity (Wildman–Crippen MR) is 97.5 cm³/mol. The number of hydrogen-bond acceptors (Lipinski definition) is 4. The minimum atomic E-state index is -0.549. The van der Waals surface area contributed by atoms with Crippen LogP contribution in [0.25, 0.3) is 0 Å². The van der Waals surface area contributed by atoms with Crippen LogP contribution in [0.1, 0.15) is 30.8 Å². The number of nitrogens with one attached hydrogen (secondary N) is 1. The number of rotatable bonds is 7. The average Bonchev–Trinajstić information content (AvgIpc) is 2.86. The zero-order valence-electron chi connectivity index (χ0n) is 14.9. The van der Waals surface area contributed by atoms with Crippen LogP contribution in [-0.2, 0) is 17.9 Å². The van der Waals surface area contributed by atoms with Gasteiger partial charge in [-0.2, -0.15) is 5.10 Å². The summed E-state index contributed by atoms with van der Waals surface area (Å²) in [5.41, 5.74) is 3.12. The van der Waals surface area contributed by atoms with Crippen molar-refractivity contribution in [2.75, 3.05) is 6.26 Å². The Labute approximate surface area is 147 Å². The number of carbonyl (C=O) groups excluding carboxylic acids is 1. The normalized spacial score (nSPS) is 12.0. The van der Waals surface area contributed by atoms with Crippen molar-refractivity contribution >= 4 is 17.7 Å². The standard InChI is InChI=1S/C18H25N3O2S/c1-6-21-13(3)17(12(2)20-21)11-19-18(22)14(4)23-15-7-9-16(24-5)10-8-15/h7-10,14H,6,11H2,1-5H3,(H,19,22)/t14-/m0/s1.